The van der Waals surface area contributed by atoms with Crippen molar-refractivity contribution in [1.82, 2.24) is 20.4 Å². The second-order valence-corrected chi connectivity index (χ2v) is 8.78. The first-order valence-corrected chi connectivity index (χ1v) is 11.9. The Balaban J connectivity index is 1.51. The van der Waals surface area contributed by atoms with E-state index in [9.17, 15) is 5.11 Å². The Bertz CT molecular complexity index is 803. The van der Waals surface area contributed by atoms with Crippen LogP contribution in [0.5, 0.6) is 0 Å². The smallest absolute Gasteiger partial charge is 0.191 e. The zero-order valence-corrected chi connectivity index (χ0v) is 19.2. The summed E-state index contributed by atoms with van der Waals surface area (Å²) in [7, 11) is 0. The summed E-state index contributed by atoms with van der Waals surface area (Å²) >= 11 is 0. The van der Waals surface area contributed by atoms with Crippen LogP contribution in [0, 0.1) is 12.3 Å². The number of aliphatic imine (C=N–C) groups is 1. The van der Waals surface area contributed by atoms with Crippen molar-refractivity contribution in [2.75, 3.05) is 26.2 Å². The first kappa shape index (κ1) is 23.3. The number of rotatable bonds is 10. The van der Waals surface area contributed by atoms with Gasteiger partial charge in [0.05, 0.1) is 11.4 Å². The van der Waals surface area contributed by atoms with Crippen molar-refractivity contribution in [3.05, 3.63) is 47.8 Å². The number of aliphatic hydroxyl groups is 1. The minimum Gasteiger partial charge on any atom is -0.396 e. The molecule has 1 heterocycles. The molecule has 0 aliphatic heterocycles. The lowest BCUT2D eigenvalue weighted by atomic mass is 9.72. The summed E-state index contributed by atoms with van der Waals surface area (Å²) in [6, 6.07) is 10.3. The molecule has 2 aromatic rings. The number of nitrogens with one attached hydrogen (secondary N) is 2. The number of hydrogen-bond donors (Lipinski definition) is 3. The van der Waals surface area contributed by atoms with Gasteiger partial charge in [-0.1, -0.05) is 37.5 Å². The summed E-state index contributed by atoms with van der Waals surface area (Å²) in [5, 5.41) is 21.1. The predicted octanol–water partition coefficient (Wildman–Crippen LogP) is 4.00. The van der Waals surface area contributed by atoms with Crippen LogP contribution in [0.25, 0.3) is 5.69 Å². The van der Waals surface area contributed by atoms with E-state index >= 15 is 0 Å². The normalized spacial score (nSPS) is 16.3. The molecule has 31 heavy (non-hydrogen) atoms. The fraction of sp³-hybridized carbons (Fsp3) is 0.600. The molecule has 3 rings (SSSR count). The van der Waals surface area contributed by atoms with Gasteiger partial charge in [0.25, 0.3) is 0 Å². The molecule has 1 fully saturated rings. The Morgan fingerprint density at radius 1 is 1.16 bits per heavy atom. The lowest BCUT2D eigenvalue weighted by molar-refractivity contribution is 0.137. The zero-order valence-electron chi connectivity index (χ0n) is 19.2. The molecule has 0 radical (unpaired) electrons. The molecule has 0 atom stereocenters. The number of para-hydroxylation sites is 1. The maximum Gasteiger partial charge on any atom is 0.191 e. The summed E-state index contributed by atoms with van der Waals surface area (Å²) in [6.07, 6.45) is 11.2. The summed E-state index contributed by atoms with van der Waals surface area (Å²) < 4.78 is 1.97. The van der Waals surface area contributed by atoms with Gasteiger partial charge in [-0.2, -0.15) is 5.10 Å². The average molecular weight is 426 g/mol. The molecular formula is C25H39N5O. The van der Waals surface area contributed by atoms with Crippen LogP contribution in [0.3, 0.4) is 0 Å². The van der Waals surface area contributed by atoms with E-state index in [1.165, 1.54) is 37.7 Å². The lowest BCUT2D eigenvalue weighted by Crippen LogP contribution is -2.39. The molecule has 1 aliphatic rings. The van der Waals surface area contributed by atoms with Gasteiger partial charge in [-0.25, -0.2) is 4.68 Å². The third-order valence-electron chi connectivity index (χ3n) is 6.41. The van der Waals surface area contributed by atoms with Crippen molar-refractivity contribution in [3.63, 3.8) is 0 Å². The fourth-order valence-electron chi connectivity index (χ4n) is 4.55. The van der Waals surface area contributed by atoms with Crippen molar-refractivity contribution in [2.45, 2.75) is 65.2 Å². The SMILES string of the molecule is CCNC(=NCC1(CCO)CCCCC1)NCCCc1cn(-c2ccccc2)nc1C. The average Bonchev–Trinajstić information content (AvgIpc) is 3.17. The molecule has 1 aromatic carbocycles. The molecule has 170 valence electrons. The quantitative estimate of drug-likeness (QED) is 0.306. The number of aryl methyl sites for hydroxylation is 2. The lowest BCUT2D eigenvalue weighted by Gasteiger charge is -2.35. The Kier molecular flexibility index (Phi) is 8.95. The van der Waals surface area contributed by atoms with Gasteiger partial charge in [-0.05, 0) is 69.1 Å². The summed E-state index contributed by atoms with van der Waals surface area (Å²) in [5.41, 5.74) is 3.65. The Morgan fingerprint density at radius 2 is 1.94 bits per heavy atom. The second-order valence-electron chi connectivity index (χ2n) is 8.78. The Labute approximate surface area is 187 Å². The molecule has 3 N–H and O–H groups in total. The number of aliphatic hydroxyl groups excluding tert-OH is 1. The van der Waals surface area contributed by atoms with Gasteiger partial charge in [0.2, 0.25) is 0 Å². The largest absolute Gasteiger partial charge is 0.396 e. The highest BCUT2D eigenvalue weighted by Crippen LogP contribution is 2.39. The number of nitrogens with zero attached hydrogens (tertiary/aromatic N) is 3. The molecule has 0 spiro atoms. The van der Waals surface area contributed by atoms with E-state index in [4.69, 9.17) is 4.99 Å². The maximum absolute atomic E-state index is 9.54. The first-order chi connectivity index (χ1) is 15.2. The molecule has 6 heteroatoms. The van der Waals surface area contributed by atoms with Crippen molar-refractivity contribution in [1.29, 1.82) is 0 Å². The van der Waals surface area contributed by atoms with Crippen LogP contribution in [0.15, 0.2) is 41.5 Å². The van der Waals surface area contributed by atoms with Gasteiger partial charge in [0.15, 0.2) is 5.96 Å². The van der Waals surface area contributed by atoms with Crippen LogP contribution in [-0.2, 0) is 6.42 Å². The molecule has 6 nitrogen and oxygen atoms in total. The van der Waals surface area contributed by atoms with Gasteiger partial charge >= 0.3 is 0 Å². The molecule has 1 aromatic heterocycles. The zero-order chi connectivity index (χ0) is 21.9. The van der Waals surface area contributed by atoms with Crippen LogP contribution in [0.4, 0.5) is 0 Å². The number of hydrogen-bond acceptors (Lipinski definition) is 3. The van der Waals surface area contributed by atoms with E-state index in [1.54, 1.807) is 0 Å². The Hall–Kier alpha value is -2.34. The Morgan fingerprint density at radius 3 is 2.65 bits per heavy atom. The standard InChI is InChI=1S/C25H39N5O/c1-3-26-24(28-20-25(16-18-31)14-8-5-9-15-25)27-17-10-11-22-19-30(29-21(22)2)23-12-6-4-7-13-23/h4,6-7,12-13,19,31H,3,5,8-11,14-18,20H2,1-2H3,(H2,26,27,28). The van der Waals surface area contributed by atoms with E-state index in [0.717, 1.165) is 56.2 Å². The predicted molar refractivity (Wildman–Crippen MR) is 128 cm³/mol. The first-order valence-electron chi connectivity index (χ1n) is 11.9. The second kappa shape index (κ2) is 11.9. The minimum absolute atomic E-state index is 0.179. The minimum atomic E-state index is 0.179. The van der Waals surface area contributed by atoms with Crippen LogP contribution in [0.2, 0.25) is 0 Å². The summed E-state index contributed by atoms with van der Waals surface area (Å²) in [6.45, 7) is 6.96. The topological polar surface area (TPSA) is 74.5 Å². The van der Waals surface area contributed by atoms with Crippen molar-refractivity contribution in [2.24, 2.45) is 10.4 Å². The summed E-state index contributed by atoms with van der Waals surface area (Å²) in [4.78, 5) is 4.90. The van der Waals surface area contributed by atoms with E-state index in [1.807, 2.05) is 22.9 Å². The van der Waals surface area contributed by atoms with Gasteiger partial charge in [-0.3, -0.25) is 4.99 Å². The van der Waals surface area contributed by atoms with Crippen LogP contribution in [0.1, 0.15) is 63.1 Å². The van der Waals surface area contributed by atoms with Gasteiger partial charge < -0.3 is 15.7 Å². The molecule has 1 aliphatic carbocycles. The van der Waals surface area contributed by atoms with E-state index in [2.05, 4.69) is 47.9 Å². The van der Waals surface area contributed by atoms with Crippen molar-refractivity contribution in [3.8, 4) is 5.69 Å². The number of aromatic nitrogens is 2. The van der Waals surface area contributed by atoms with Crippen LogP contribution < -0.4 is 10.6 Å². The van der Waals surface area contributed by atoms with Crippen LogP contribution in [-0.4, -0.2) is 47.1 Å². The molecule has 0 unspecified atom stereocenters. The number of guanidine groups is 1. The monoisotopic (exact) mass is 425 g/mol. The molecule has 1 saturated carbocycles. The van der Waals surface area contributed by atoms with Crippen LogP contribution >= 0.6 is 0 Å². The maximum atomic E-state index is 9.54. The molecular weight excluding hydrogens is 386 g/mol. The van der Waals surface area contributed by atoms with Crippen molar-refractivity contribution < 1.29 is 5.11 Å². The molecule has 0 saturated heterocycles. The number of benzene rings is 1. The highest BCUT2D eigenvalue weighted by atomic mass is 16.3. The van der Waals surface area contributed by atoms with Gasteiger partial charge in [0, 0.05) is 32.4 Å². The van der Waals surface area contributed by atoms with Gasteiger partial charge in [-0.15, -0.1) is 0 Å². The third-order valence-corrected chi connectivity index (χ3v) is 6.41. The van der Waals surface area contributed by atoms with Crippen molar-refractivity contribution >= 4 is 5.96 Å². The molecule has 0 amide bonds. The molecule has 0 bridgehead atoms. The van der Waals surface area contributed by atoms with Gasteiger partial charge in [0.1, 0.15) is 0 Å². The highest BCUT2D eigenvalue weighted by Gasteiger charge is 2.31. The van der Waals surface area contributed by atoms with E-state index in [0.29, 0.717) is 0 Å². The van der Waals surface area contributed by atoms with E-state index in [-0.39, 0.29) is 12.0 Å². The van der Waals surface area contributed by atoms with E-state index < -0.39 is 0 Å². The fourth-order valence-corrected chi connectivity index (χ4v) is 4.55. The summed E-state index contributed by atoms with van der Waals surface area (Å²) in [5.74, 6) is 0.891. The third kappa shape index (κ3) is 6.82. The highest BCUT2D eigenvalue weighted by molar-refractivity contribution is 5.79.